The molecule has 1 atom stereocenters. The maximum absolute atomic E-state index is 12.4. The lowest BCUT2D eigenvalue weighted by atomic mass is 10.2. The smallest absolute Gasteiger partial charge is 0.265 e. The topological polar surface area (TPSA) is 81.9 Å². The number of anilines is 1. The lowest BCUT2D eigenvalue weighted by Gasteiger charge is -2.15. The molecule has 2 heterocycles. The fourth-order valence-corrected chi connectivity index (χ4v) is 3.89. The Morgan fingerprint density at radius 1 is 1.13 bits per heavy atom. The van der Waals surface area contributed by atoms with E-state index >= 15 is 0 Å². The number of amides is 1. The van der Waals surface area contributed by atoms with Crippen LogP contribution < -0.4 is 20.3 Å². The second kappa shape index (κ2) is 9.01. The third-order valence-electron chi connectivity index (χ3n) is 4.54. The molecule has 0 fully saturated rings. The number of ether oxygens (including phenoxy) is 2. The zero-order chi connectivity index (χ0) is 21.8. The predicted molar refractivity (Wildman–Crippen MR) is 120 cm³/mol. The molecule has 4 rings (SSSR count). The van der Waals surface area contributed by atoms with E-state index < -0.39 is 6.10 Å². The minimum absolute atomic E-state index is 0.129. The number of hydrogen-bond acceptors (Lipinski definition) is 6. The fraction of sp³-hybridized carbons (Fsp3) is 0.174. The zero-order valence-electron chi connectivity index (χ0n) is 17.1. The highest BCUT2D eigenvalue weighted by Crippen LogP contribution is 2.20. The molecular formula is C23H21N3O4S. The van der Waals surface area contributed by atoms with Crippen LogP contribution in [0.5, 0.6) is 11.5 Å². The number of aryl methyl sites for hydroxylation is 1. The van der Waals surface area contributed by atoms with Crippen LogP contribution in [-0.2, 0) is 11.4 Å². The summed E-state index contributed by atoms with van der Waals surface area (Å²) in [6, 6.07) is 17.7. The van der Waals surface area contributed by atoms with Gasteiger partial charge in [-0.25, -0.2) is 4.98 Å². The molecule has 1 unspecified atom stereocenters. The van der Waals surface area contributed by atoms with Crippen LogP contribution in [0.4, 0.5) is 5.69 Å². The van der Waals surface area contributed by atoms with E-state index in [4.69, 9.17) is 9.47 Å². The first-order valence-corrected chi connectivity index (χ1v) is 10.6. The number of rotatable bonds is 7. The van der Waals surface area contributed by atoms with E-state index in [-0.39, 0.29) is 18.1 Å². The molecule has 0 radical (unpaired) electrons. The van der Waals surface area contributed by atoms with Crippen molar-refractivity contribution in [2.24, 2.45) is 0 Å². The van der Waals surface area contributed by atoms with Gasteiger partial charge in [0.1, 0.15) is 18.1 Å². The summed E-state index contributed by atoms with van der Waals surface area (Å²) in [4.78, 5) is 29.8. The van der Waals surface area contributed by atoms with E-state index in [2.05, 4.69) is 10.3 Å². The fourth-order valence-electron chi connectivity index (χ4n) is 3.00. The van der Waals surface area contributed by atoms with Crippen LogP contribution in [0.25, 0.3) is 4.96 Å². The van der Waals surface area contributed by atoms with Gasteiger partial charge in [-0.15, -0.1) is 11.3 Å². The summed E-state index contributed by atoms with van der Waals surface area (Å²) in [6.07, 6.45) is -0.662. The van der Waals surface area contributed by atoms with Crippen LogP contribution in [0.1, 0.15) is 18.3 Å². The minimum Gasteiger partial charge on any atom is -0.487 e. The van der Waals surface area contributed by atoms with Gasteiger partial charge in [-0.1, -0.05) is 24.3 Å². The highest BCUT2D eigenvalue weighted by Gasteiger charge is 2.15. The van der Waals surface area contributed by atoms with Crippen LogP contribution in [0.2, 0.25) is 0 Å². The Hall–Kier alpha value is -3.65. The zero-order valence-corrected chi connectivity index (χ0v) is 17.9. The van der Waals surface area contributed by atoms with Crippen LogP contribution >= 0.6 is 11.3 Å². The van der Waals surface area contributed by atoms with Gasteiger partial charge >= 0.3 is 0 Å². The second-order valence-electron chi connectivity index (χ2n) is 6.96. The molecule has 0 aliphatic carbocycles. The Morgan fingerprint density at radius 2 is 1.90 bits per heavy atom. The lowest BCUT2D eigenvalue weighted by Crippen LogP contribution is -2.30. The number of fused-ring (bicyclic) bond motifs is 1. The number of aromatic nitrogens is 2. The second-order valence-corrected chi connectivity index (χ2v) is 7.80. The Morgan fingerprint density at radius 3 is 2.71 bits per heavy atom. The molecule has 7 nitrogen and oxygen atoms in total. The summed E-state index contributed by atoms with van der Waals surface area (Å²) < 4.78 is 13.0. The van der Waals surface area contributed by atoms with Crippen LogP contribution in [0.3, 0.4) is 0 Å². The van der Waals surface area contributed by atoms with Gasteiger partial charge < -0.3 is 14.8 Å². The van der Waals surface area contributed by atoms with E-state index in [0.717, 1.165) is 5.69 Å². The Labute approximate surface area is 182 Å². The average molecular weight is 436 g/mol. The largest absolute Gasteiger partial charge is 0.487 e. The third kappa shape index (κ3) is 4.92. The molecule has 4 aromatic rings. The van der Waals surface area contributed by atoms with E-state index in [0.29, 0.717) is 27.8 Å². The van der Waals surface area contributed by atoms with Crippen LogP contribution in [0, 0.1) is 6.92 Å². The maximum Gasteiger partial charge on any atom is 0.265 e. The van der Waals surface area contributed by atoms with Gasteiger partial charge in [0, 0.05) is 28.9 Å². The summed E-state index contributed by atoms with van der Waals surface area (Å²) in [7, 11) is 0. The molecule has 0 saturated carbocycles. The van der Waals surface area contributed by atoms with Crippen molar-refractivity contribution in [1.29, 1.82) is 0 Å². The normalized spacial score (nSPS) is 11.8. The van der Waals surface area contributed by atoms with Gasteiger partial charge in [-0.05, 0) is 38.1 Å². The third-order valence-corrected chi connectivity index (χ3v) is 5.49. The standard InChI is InChI=1S/C23H21N3O4S/c1-15-14-31-23-25-18(12-21(27)26(15)23)13-29-20-10-6-7-17(11-20)24-22(28)16(2)30-19-8-4-3-5-9-19/h3-12,14,16H,13H2,1-2H3,(H,24,28). The molecule has 0 aliphatic heterocycles. The highest BCUT2D eigenvalue weighted by molar-refractivity contribution is 7.15. The molecule has 0 spiro atoms. The molecule has 0 aliphatic rings. The molecule has 1 amide bonds. The van der Waals surface area contributed by atoms with E-state index in [1.807, 2.05) is 30.5 Å². The summed E-state index contributed by atoms with van der Waals surface area (Å²) in [5.41, 5.74) is 1.86. The minimum atomic E-state index is -0.662. The molecule has 0 saturated heterocycles. The van der Waals surface area contributed by atoms with Crippen molar-refractivity contribution in [3.63, 3.8) is 0 Å². The van der Waals surface area contributed by atoms with Gasteiger partial charge in [0.2, 0.25) is 0 Å². The SMILES string of the molecule is Cc1csc2nc(COc3cccc(NC(=O)C(C)Oc4ccccc4)c3)cc(=O)n12. The molecule has 2 aromatic carbocycles. The summed E-state index contributed by atoms with van der Waals surface area (Å²) in [6.45, 7) is 3.71. The molecular weight excluding hydrogens is 414 g/mol. The number of nitrogens with zero attached hydrogens (tertiary/aromatic N) is 2. The molecule has 158 valence electrons. The van der Waals surface area contributed by atoms with Crippen molar-refractivity contribution in [2.75, 3.05) is 5.32 Å². The van der Waals surface area contributed by atoms with Crippen LogP contribution in [0.15, 0.2) is 70.8 Å². The van der Waals surface area contributed by atoms with Crippen molar-refractivity contribution in [3.8, 4) is 11.5 Å². The predicted octanol–water partition coefficient (Wildman–Crippen LogP) is 4.05. The summed E-state index contributed by atoms with van der Waals surface area (Å²) >= 11 is 1.41. The molecule has 1 N–H and O–H groups in total. The number of carbonyl (C=O) groups is 1. The first kappa shape index (κ1) is 20.6. The molecule has 8 heteroatoms. The van der Waals surface area contributed by atoms with Crippen molar-refractivity contribution >= 4 is 27.9 Å². The number of thiazole rings is 1. The molecule has 2 aromatic heterocycles. The van der Waals surface area contributed by atoms with Gasteiger partial charge in [-0.3, -0.25) is 14.0 Å². The average Bonchev–Trinajstić information content (AvgIpc) is 3.14. The number of nitrogens with one attached hydrogen (secondary N) is 1. The van der Waals surface area contributed by atoms with Crippen molar-refractivity contribution < 1.29 is 14.3 Å². The van der Waals surface area contributed by atoms with E-state index in [1.54, 1.807) is 47.7 Å². The monoisotopic (exact) mass is 435 g/mol. The first-order chi connectivity index (χ1) is 15.0. The van der Waals surface area contributed by atoms with Crippen molar-refractivity contribution in [2.45, 2.75) is 26.6 Å². The Bertz CT molecular complexity index is 1270. The lowest BCUT2D eigenvalue weighted by molar-refractivity contribution is -0.122. The number of carbonyl (C=O) groups excluding carboxylic acids is 1. The summed E-state index contributed by atoms with van der Waals surface area (Å²) in [5, 5.41) is 4.72. The molecule has 31 heavy (non-hydrogen) atoms. The van der Waals surface area contributed by atoms with Gasteiger partial charge in [0.25, 0.3) is 11.5 Å². The van der Waals surface area contributed by atoms with Crippen molar-refractivity contribution in [3.05, 3.63) is 87.8 Å². The number of hydrogen-bond donors (Lipinski definition) is 1. The number of benzene rings is 2. The quantitative estimate of drug-likeness (QED) is 0.474. The van der Waals surface area contributed by atoms with Crippen molar-refractivity contribution in [1.82, 2.24) is 9.38 Å². The Kier molecular flexibility index (Phi) is 5.99. The van der Waals surface area contributed by atoms with E-state index in [1.165, 1.54) is 17.4 Å². The Balaban J connectivity index is 1.39. The number of para-hydroxylation sites is 1. The maximum atomic E-state index is 12.4. The van der Waals surface area contributed by atoms with Gasteiger partial charge in [0.05, 0.1) is 5.69 Å². The van der Waals surface area contributed by atoms with Gasteiger partial charge in [0.15, 0.2) is 11.1 Å². The molecule has 0 bridgehead atoms. The highest BCUT2D eigenvalue weighted by atomic mass is 32.1. The van der Waals surface area contributed by atoms with Gasteiger partial charge in [-0.2, -0.15) is 0 Å². The van der Waals surface area contributed by atoms with Crippen LogP contribution in [-0.4, -0.2) is 21.4 Å². The summed E-state index contributed by atoms with van der Waals surface area (Å²) in [5.74, 6) is 0.913. The van der Waals surface area contributed by atoms with E-state index in [9.17, 15) is 9.59 Å². The first-order valence-electron chi connectivity index (χ1n) is 9.72.